The van der Waals surface area contributed by atoms with E-state index in [4.69, 9.17) is 0 Å². The summed E-state index contributed by atoms with van der Waals surface area (Å²) in [5.74, 6) is 0. The molecule has 0 unspecified atom stereocenters. The Bertz CT molecular complexity index is 526. The minimum absolute atomic E-state index is 0. The maximum atomic E-state index is 3.13. The fourth-order valence-corrected chi connectivity index (χ4v) is 2.91. The third-order valence-corrected chi connectivity index (χ3v) is 4.29. The standard InChI is InChI=1S/2C6H7S.2C5H5.Ti/c2*1-2-6-3-4-7-5-6;2*1-2-4-5-3-1;/h2*3-4H,2H2,1H3;2*1-3H,4H2;/q4*-1;+4. The van der Waals surface area contributed by atoms with Gasteiger partial charge in [-0.3, -0.25) is 12.2 Å². The Hall–Kier alpha value is -0.926. The molecule has 2 aromatic rings. The van der Waals surface area contributed by atoms with Gasteiger partial charge in [0.25, 0.3) is 0 Å². The molecule has 2 aliphatic rings. The first kappa shape index (κ1) is 24.1. The predicted octanol–water partition coefficient (Wildman–Crippen LogP) is 6.83. The molecule has 4 rings (SSSR count). The van der Waals surface area contributed by atoms with Gasteiger partial charge in [0, 0.05) is 0 Å². The van der Waals surface area contributed by atoms with E-state index >= 15 is 0 Å². The molecule has 0 fully saturated rings. The van der Waals surface area contributed by atoms with Gasteiger partial charge in [-0.15, -0.1) is 23.6 Å². The van der Waals surface area contributed by atoms with E-state index in [-0.39, 0.29) is 21.7 Å². The average molecular weight is 400 g/mol. The molecule has 0 saturated heterocycles. The summed E-state index contributed by atoms with van der Waals surface area (Å²) in [5, 5.41) is 10.4. The molecule has 2 aliphatic carbocycles. The zero-order chi connectivity index (χ0) is 17.3. The van der Waals surface area contributed by atoms with Gasteiger partial charge in [-0.1, -0.05) is 26.7 Å². The smallest absolute Gasteiger partial charge is 0.304 e. The van der Waals surface area contributed by atoms with Gasteiger partial charge in [-0.05, 0) is 0 Å². The summed E-state index contributed by atoms with van der Waals surface area (Å²) >= 11 is 3.28. The predicted molar refractivity (Wildman–Crippen MR) is 108 cm³/mol. The van der Waals surface area contributed by atoms with Crippen LogP contribution in [0.4, 0.5) is 0 Å². The molecule has 0 amide bonds. The van der Waals surface area contributed by atoms with Crippen LogP contribution in [0.2, 0.25) is 0 Å². The Balaban J connectivity index is 0.000000307. The maximum absolute atomic E-state index is 3.13. The SMILES string of the molecule is CCc1[c-]scc1.CCc1[c-]scc1.[C-]1=CC=CC1.[C-]1=CC=CC1.[Ti+4]. The molecule has 0 nitrogen and oxygen atoms in total. The Morgan fingerprint density at radius 3 is 1.36 bits per heavy atom. The van der Waals surface area contributed by atoms with E-state index in [0.29, 0.717) is 0 Å². The number of allylic oxidation sites excluding steroid dienone is 8. The molecule has 0 radical (unpaired) electrons. The van der Waals surface area contributed by atoms with E-state index in [1.165, 1.54) is 11.1 Å². The molecular weight excluding hydrogens is 376 g/mol. The largest absolute Gasteiger partial charge is 4.00 e. The van der Waals surface area contributed by atoms with Crippen molar-refractivity contribution in [2.75, 3.05) is 0 Å². The van der Waals surface area contributed by atoms with Crippen LogP contribution < -0.4 is 0 Å². The third kappa shape index (κ3) is 14.0. The molecule has 0 saturated carbocycles. The van der Waals surface area contributed by atoms with Crippen molar-refractivity contribution < 1.29 is 21.7 Å². The van der Waals surface area contributed by atoms with Crippen molar-refractivity contribution in [1.82, 2.24) is 0 Å². The van der Waals surface area contributed by atoms with E-state index in [0.717, 1.165) is 25.7 Å². The first-order chi connectivity index (χ1) is 11.9. The number of thiophene rings is 2. The normalized spacial score (nSPS) is 12.2. The summed E-state index contributed by atoms with van der Waals surface area (Å²) in [6.07, 6.45) is 22.2. The van der Waals surface area contributed by atoms with Gasteiger partial charge in [-0.25, -0.2) is 36.4 Å². The Morgan fingerprint density at radius 2 is 1.24 bits per heavy atom. The molecule has 0 atom stereocenters. The van der Waals surface area contributed by atoms with Gasteiger partial charge in [-0.2, -0.15) is 34.0 Å². The van der Waals surface area contributed by atoms with E-state index in [2.05, 4.69) is 71.8 Å². The third-order valence-electron chi connectivity index (χ3n) is 2.99. The van der Waals surface area contributed by atoms with Crippen LogP contribution in [0.25, 0.3) is 0 Å². The molecular formula is C22H24S2Ti. The fraction of sp³-hybridized carbons (Fsp3) is 0.273. The van der Waals surface area contributed by atoms with Crippen molar-refractivity contribution in [2.45, 2.75) is 39.5 Å². The topological polar surface area (TPSA) is 0 Å². The molecule has 3 heteroatoms. The van der Waals surface area contributed by atoms with Gasteiger partial charge >= 0.3 is 21.7 Å². The summed E-state index contributed by atoms with van der Waals surface area (Å²) in [5.41, 5.74) is 2.65. The number of hydrogen-bond acceptors (Lipinski definition) is 2. The zero-order valence-corrected chi connectivity index (χ0v) is 18.1. The van der Waals surface area contributed by atoms with E-state index in [1.54, 1.807) is 22.7 Å². The molecule has 0 aliphatic heterocycles. The van der Waals surface area contributed by atoms with Crippen LogP contribution in [0.1, 0.15) is 37.8 Å². The molecule has 0 aromatic carbocycles. The van der Waals surface area contributed by atoms with E-state index in [1.807, 2.05) is 24.3 Å². The second kappa shape index (κ2) is 17.9. The van der Waals surface area contributed by atoms with Crippen molar-refractivity contribution in [2.24, 2.45) is 0 Å². The van der Waals surface area contributed by atoms with E-state index in [9.17, 15) is 0 Å². The second-order valence-corrected chi connectivity index (χ2v) is 6.23. The summed E-state index contributed by atoms with van der Waals surface area (Å²) in [4.78, 5) is 0. The van der Waals surface area contributed by atoms with Crippen molar-refractivity contribution in [3.8, 4) is 0 Å². The number of aryl methyl sites for hydroxylation is 2. The Kier molecular flexibility index (Phi) is 17.2. The molecule has 2 aromatic heterocycles. The van der Waals surface area contributed by atoms with Gasteiger partial charge in [0.1, 0.15) is 0 Å². The molecule has 0 bridgehead atoms. The zero-order valence-electron chi connectivity index (χ0n) is 14.9. The van der Waals surface area contributed by atoms with Crippen LogP contribution >= 0.6 is 22.7 Å². The van der Waals surface area contributed by atoms with E-state index < -0.39 is 0 Å². The molecule has 0 spiro atoms. The Morgan fingerprint density at radius 1 is 0.800 bits per heavy atom. The minimum atomic E-state index is 0. The molecule has 128 valence electrons. The molecule has 25 heavy (non-hydrogen) atoms. The van der Waals surface area contributed by atoms with Crippen molar-refractivity contribution in [1.29, 1.82) is 0 Å². The average Bonchev–Trinajstić information content (AvgIpc) is 3.46. The van der Waals surface area contributed by atoms with Crippen LogP contribution in [0, 0.1) is 22.9 Å². The van der Waals surface area contributed by atoms with Gasteiger partial charge in [0.05, 0.1) is 0 Å². The number of rotatable bonds is 2. The van der Waals surface area contributed by atoms with Gasteiger partial charge in [0.2, 0.25) is 0 Å². The van der Waals surface area contributed by atoms with Crippen LogP contribution in [-0.2, 0) is 34.6 Å². The Labute approximate surface area is 176 Å². The summed E-state index contributed by atoms with van der Waals surface area (Å²) < 4.78 is 0. The monoisotopic (exact) mass is 400 g/mol. The number of hydrogen-bond donors (Lipinski definition) is 0. The van der Waals surface area contributed by atoms with Crippen molar-refractivity contribution in [3.05, 3.63) is 93.4 Å². The summed E-state index contributed by atoms with van der Waals surface area (Å²) in [6, 6.07) is 4.20. The first-order valence-corrected chi connectivity index (χ1v) is 9.94. The minimum Gasteiger partial charge on any atom is -0.304 e. The quantitative estimate of drug-likeness (QED) is 0.383. The van der Waals surface area contributed by atoms with Crippen LogP contribution in [-0.4, -0.2) is 0 Å². The summed E-state index contributed by atoms with van der Waals surface area (Å²) in [6.45, 7) is 4.27. The molecule has 0 N–H and O–H groups in total. The van der Waals surface area contributed by atoms with Crippen molar-refractivity contribution in [3.63, 3.8) is 0 Å². The van der Waals surface area contributed by atoms with Crippen molar-refractivity contribution >= 4 is 22.7 Å². The van der Waals surface area contributed by atoms with Crippen LogP contribution in [0.15, 0.2) is 59.3 Å². The first-order valence-electron chi connectivity index (χ1n) is 8.18. The summed E-state index contributed by atoms with van der Waals surface area (Å²) in [7, 11) is 0. The maximum Gasteiger partial charge on any atom is 4.00 e. The van der Waals surface area contributed by atoms with Crippen LogP contribution in [0.3, 0.4) is 0 Å². The fourth-order valence-electron chi connectivity index (χ4n) is 1.58. The molecule has 2 heterocycles. The second-order valence-electron chi connectivity index (χ2n) is 4.81. The van der Waals surface area contributed by atoms with Gasteiger partial charge in [0.15, 0.2) is 0 Å². The van der Waals surface area contributed by atoms with Crippen LogP contribution in [0.5, 0.6) is 0 Å². The van der Waals surface area contributed by atoms with Gasteiger partial charge < -0.3 is 22.7 Å².